The van der Waals surface area contributed by atoms with Crippen LogP contribution in [-0.4, -0.2) is 28.9 Å². The first-order chi connectivity index (χ1) is 11.0. The van der Waals surface area contributed by atoms with Crippen molar-refractivity contribution in [3.8, 4) is 11.5 Å². The molecule has 6 heteroatoms. The van der Waals surface area contributed by atoms with E-state index in [2.05, 4.69) is 10.4 Å². The largest absolute Gasteiger partial charge is 0.490 e. The van der Waals surface area contributed by atoms with Gasteiger partial charge in [-0.1, -0.05) is 6.07 Å². The number of ether oxygens (including phenoxy) is 2. The van der Waals surface area contributed by atoms with E-state index in [1.165, 1.54) is 0 Å². The molecule has 0 unspecified atom stereocenters. The van der Waals surface area contributed by atoms with E-state index in [4.69, 9.17) is 9.47 Å². The van der Waals surface area contributed by atoms with Crippen molar-refractivity contribution in [1.29, 1.82) is 0 Å². The number of carbonyl (C=O) groups is 1. The summed E-state index contributed by atoms with van der Waals surface area (Å²) < 4.78 is 12.8. The molecule has 0 saturated carbocycles. The minimum atomic E-state index is -0.0901. The van der Waals surface area contributed by atoms with Gasteiger partial charge < -0.3 is 14.8 Å². The van der Waals surface area contributed by atoms with E-state index in [0.29, 0.717) is 24.7 Å². The lowest BCUT2D eigenvalue weighted by Crippen LogP contribution is -2.14. The van der Waals surface area contributed by atoms with Crippen LogP contribution in [0.25, 0.3) is 0 Å². The van der Waals surface area contributed by atoms with Crippen molar-refractivity contribution in [3.05, 3.63) is 35.7 Å². The molecule has 2 aromatic rings. The van der Waals surface area contributed by atoms with Crippen molar-refractivity contribution < 1.29 is 14.3 Å². The van der Waals surface area contributed by atoms with Crippen LogP contribution in [0.1, 0.15) is 25.1 Å². The Kier molecular flexibility index (Phi) is 5.62. The lowest BCUT2D eigenvalue weighted by atomic mass is 10.1. The van der Waals surface area contributed by atoms with E-state index < -0.39 is 0 Å². The number of amides is 1. The molecule has 1 N–H and O–H groups in total. The smallest absolute Gasteiger partial charge is 0.228 e. The number of nitrogens with one attached hydrogen (secondary N) is 1. The highest BCUT2D eigenvalue weighted by Crippen LogP contribution is 2.28. The highest BCUT2D eigenvalue weighted by atomic mass is 16.5. The summed E-state index contributed by atoms with van der Waals surface area (Å²) in [5.41, 5.74) is 2.40. The monoisotopic (exact) mass is 317 g/mol. The number of nitrogens with zero attached hydrogens (tertiary/aromatic N) is 2. The third-order valence-corrected chi connectivity index (χ3v) is 3.26. The predicted molar refractivity (Wildman–Crippen MR) is 89.1 cm³/mol. The van der Waals surface area contributed by atoms with Crippen LogP contribution in [0.15, 0.2) is 24.4 Å². The fourth-order valence-corrected chi connectivity index (χ4v) is 2.31. The lowest BCUT2D eigenvalue weighted by molar-refractivity contribution is -0.115. The van der Waals surface area contributed by atoms with Crippen molar-refractivity contribution in [2.24, 2.45) is 7.05 Å². The zero-order valence-corrected chi connectivity index (χ0v) is 14.0. The average molecular weight is 317 g/mol. The van der Waals surface area contributed by atoms with E-state index in [1.807, 2.05) is 46.0 Å². The van der Waals surface area contributed by atoms with Gasteiger partial charge in [-0.2, -0.15) is 5.10 Å². The van der Waals surface area contributed by atoms with Crippen molar-refractivity contribution in [3.63, 3.8) is 0 Å². The minimum Gasteiger partial charge on any atom is -0.490 e. The quantitative estimate of drug-likeness (QED) is 0.853. The maximum Gasteiger partial charge on any atom is 0.228 e. The van der Waals surface area contributed by atoms with Gasteiger partial charge in [-0.25, -0.2) is 0 Å². The molecular weight excluding hydrogens is 294 g/mol. The van der Waals surface area contributed by atoms with E-state index >= 15 is 0 Å². The molecule has 1 aromatic heterocycles. The summed E-state index contributed by atoms with van der Waals surface area (Å²) >= 11 is 0. The standard InChI is InChI=1S/C17H23N3O3/c1-5-22-15-8-7-13(9-16(15)23-6-2)10-17(21)18-14-11-20(4)19-12(14)3/h7-9,11H,5-6,10H2,1-4H3,(H,18,21). The molecular formula is C17H23N3O3. The van der Waals surface area contributed by atoms with E-state index in [0.717, 1.165) is 16.9 Å². The third kappa shape index (κ3) is 4.48. The van der Waals surface area contributed by atoms with Crippen molar-refractivity contribution in [1.82, 2.24) is 9.78 Å². The van der Waals surface area contributed by atoms with E-state index in [-0.39, 0.29) is 12.3 Å². The Labute approximate surface area is 136 Å². The van der Waals surface area contributed by atoms with Gasteiger partial charge in [0.15, 0.2) is 11.5 Å². The normalized spacial score (nSPS) is 10.4. The molecule has 2 rings (SSSR count). The number of benzene rings is 1. The van der Waals surface area contributed by atoms with Crippen LogP contribution in [0.3, 0.4) is 0 Å². The molecule has 124 valence electrons. The SMILES string of the molecule is CCOc1ccc(CC(=O)Nc2cn(C)nc2C)cc1OCC. The van der Waals surface area contributed by atoms with E-state index in [1.54, 1.807) is 10.9 Å². The molecule has 0 saturated heterocycles. The summed E-state index contributed by atoms with van der Waals surface area (Å²) in [5.74, 6) is 1.27. The summed E-state index contributed by atoms with van der Waals surface area (Å²) in [4.78, 5) is 12.2. The van der Waals surface area contributed by atoms with Gasteiger partial charge in [-0.05, 0) is 38.5 Å². The molecule has 1 heterocycles. The summed E-state index contributed by atoms with van der Waals surface area (Å²) in [6.45, 7) is 6.82. The van der Waals surface area contributed by atoms with Crippen LogP contribution >= 0.6 is 0 Å². The van der Waals surface area contributed by atoms with Crippen LogP contribution in [-0.2, 0) is 18.3 Å². The van der Waals surface area contributed by atoms with Crippen LogP contribution in [0.4, 0.5) is 5.69 Å². The Morgan fingerprint density at radius 1 is 1.22 bits per heavy atom. The first kappa shape index (κ1) is 16.9. The molecule has 23 heavy (non-hydrogen) atoms. The second kappa shape index (κ2) is 7.67. The van der Waals surface area contributed by atoms with Gasteiger partial charge in [-0.3, -0.25) is 9.48 Å². The molecule has 0 atom stereocenters. The summed E-state index contributed by atoms with van der Waals surface area (Å²) in [6, 6.07) is 5.57. The van der Waals surface area contributed by atoms with Gasteiger partial charge in [0.05, 0.1) is 31.0 Å². The van der Waals surface area contributed by atoms with Gasteiger partial charge in [0.1, 0.15) is 0 Å². The van der Waals surface area contributed by atoms with Crippen molar-refractivity contribution >= 4 is 11.6 Å². The maximum atomic E-state index is 12.2. The van der Waals surface area contributed by atoms with Gasteiger partial charge in [0.25, 0.3) is 0 Å². The molecule has 1 aromatic carbocycles. The lowest BCUT2D eigenvalue weighted by Gasteiger charge is -2.12. The Balaban J connectivity index is 2.08. The van der Waals surface area contributed by atoms with Crippen molar-refractivity contribution in [2.75, 3.05) is 18.5 Å². The Bertz CT molecular complexity index is 680. The van der Waals surface area contributed by atoms with Gasteiger partial charge in [-0.15, -0.1) is 0 Å². The van der Waals surface area contributed by atoms with Gasteiger partial charge in [0, 0.05) is 13.2 Å². The number of rotatable bonds is 7. The average Bonchev–Trinajstić information content (AvgIpc) is 2.80. The number of hydrogen-bond donors (Lipinski definition) is 1. The number of aromatic nitrogens is 2. The van der Waals surface area contributed by atoms with Crippen LogP contribution in [0.2, 0.25) is 0 Å². The highest BCUT2D eigenvalue weighted by molar-refractivity contribution is 5.92. The Hall–Kier alpha value is -2.50. The van der Waals surface area contributed by atoms with Gasteiger partial charge in [0.2, 0.25) is 5.91 Å². The Morgan fingerprint density at radius 3 is 2.52 bits per heavy atom. The molecule has 0 fully saturated rings. The third-order valence-electron chi connectivity index (χ3n) is 3.26. The van der Waals surface area contributed by atoms with Crippen LogP contribution < -0.4 is 14.8 Å². The second-order valence-corrected chi connectivity index (χ2v) is 5.17. The Morgan fingerprint density at radius 2 is 1.91 bits per heavy atom. The molecule has 6 nitrogen and oxygen atoms in total. The molecule has 0 bridgehead atoms. The fraction of sp³-hybridized carbons (Fsp3) is 0.412. The van der Waals surface area contributed by atoms with E-state index in [9.17, 15) is 4.79 Å². The number of aryl methyl sites for hydroxylation is 2. The molecule has 1 amide bonds. The van der Waals surface area contributed by atoms with Crippen LogP contribution in [0.5, 0.6) is 11.5 Å². The molecule has 0 aliphatic heterocycles. The number of hydrogen-bond acceptors (Lipinski definition) is 4. The fourth-order valence-electron chi connectivity index (χ4n) is 2.31. The maximum absolute atomic E-state index is 12.2. The summed E-state index contributed by atoms with van der Waals surface area (Å²) in [5, 5.41) is 7.08. The first-order valence-electron chi connectivity index (χ1n) is 7.72. The van der Waals surface area contributed by atoms with Crippen LogP contribution in [0, 0.1) is 6.92 Å². The molecule has 0 spiro atoms. The first-order valence-corrected chi connectivity index (χ1v) is 7.72. The molecule has 0 aliphatic rings. The molecule has 0 radical (unpaired) electrons. The minimum absolute atomic E-state index is 0.0901. The summed E-state index contributed by atoms with van der Waals surface area (Å²) in [7, 11) is 1.82. The topological polar surface area (TPSA) is 65.4 Å². The zero-order chi connectivity index (χ0) is 16.8. The summed E-state index contributed by atoms with van der Waals surface area (Å²) in [6.07, 6.45) is 2.05. The molecule has 0 aliphatic carbocycles. The second-order valence-electron chi connectivity index (χ2n) is 5.17. The highest BCUT2D eigenvalue weighted by Gasteiger charge is 2.11. The van der Waals surface area contributed by atoms with Crippen molar-refractivity contribution in [2.45, 2.75) is 27.2 Å². The number of carbonyl (C=O) groups excluding carboxylic acids is 1. The number of anilines is 1. The zero-order valence-electron chi connectivity index (χ0n) is 14.0. The predicted octanol–water partition coefficient (Wildman–Crippen LogP) is 2.71. The van der Waals surface area contributed by atoms with Gasteiger partial charge >= 0.3 is 0 Å².